The Morgan fingerprint density at radius 3 is 2.35 bits per heavy atom. The molecule has 0 unspecified atom stereocenters. The summed E-state index contributed by atoms with van der Waals surface area (Å²) in [6.07, 6.45) is 0. The maximum absolute atomic E-state index is 12.2. The van der Waals surface area contributed by atoms with E-state index in [4.69, 9.17) is 16.9 Å². The van der Waals surface area contributed by atoms with E-state index in [-0.39, 0.29) is 4.90 Å². The van der Waals surface area contributed by atoms with Gasteiger partial charge in [0.15, 0.2) is 0 Å². The molecule has 1 N–H and O–H groups in total. The number of nitrogens with one attached hydrogen (secondary N) is 1. The molecule has 0 saturated carbocycles. The number of hydrogen-bond donors (Lipinski definition) is 1. The second kappa shape index (κ2) is 5.53. The first kappa shape index (κ1) is 14.4. The molecule has 102 valence electrons. The zero-order valence-corrected chi connectivity index (χ0v) is 12.2. The monoisotopic (exact) mass is 306 g/mol. The lowest BCUT2D eigenvalue weighted by molar-refractivity contribution is 0.601. The van der Waals surface area contributed by atoms with Crippen LogP contribution < -0.4 is 4.72 Å². The van der Waals surface area contributed by atoms with Crippen LogP contribution in [0.5, 0.6) is 0 Å². The third-order valence-corrected chi connectivity index (χ3v) is 4.36. The van der Waals surface area contributed by atoms with Crippen molar-refractivity contribution in [1.29, 1.82) is 5.26 Å². The van der Waals surface area contributed by atoms with Crippen LogP contribution in [0, 0.1) is 18.3 Å². The van der Waals surface area contributed by atoms with Gasteiger partial charge in [-0.2, -0.15) is 5.26 Å². The van der Waals surface area contributed by atoms with Crippen molar-refractivity contribution in [1.82, 2.24) is 0 Å². The van der Waals surface area contributed by atoms with Gasteiger partial charge < -0.3 is 0 Å². The molecule has 0 atom stereocenters. The highest BCUT2D eigenvalue weighted by atomic mass is 35.5. The summed E-state index contributed by atoms with van der Waals surface area (Å²) < 4.78 is 26.9. The van der Waals surface area contributed by atoms with Crippen molar-refractivity contribution in [3.8, 4) is 6.07 Å². The molecule has 2 aromatic carbocycles. The van der Waals surface area contributed by atoms with Crippen molar-refractivity contribution in [2.45, 2.75) is 11.8 Å². The molecule has 0 amide bonds. The Bertz CT molecular complexity index is 778. The molecule has 0 bridgehead atoms. The largest absolute Gasteiger partial charge is 0.280 e. The minimum absolute atomic E-state index is 0.115. The Morgan fingerprint density at radius 2 is 1.80 bits per heavy atom. The van der Waals surface area contributed by atoms with E-state index in [0.29, 0.717) is 21.8 Å². The zero-order valence-electron chi connectivity index (χ0n) is 10.6. The predicted octanol–water partition coefficient (Wildman–Crippen LogP) is 3.32. The van der Waals surface area contributed by atoms with Gasteiger partial charge in [-0.25, -0.2) is 8.42 Å². The quantitative estimate of drug-likeness (QED) is 0.945. The molecular weight excluding hydrogens is 296 g/mol. The van der Waals surface area contributed by atoms with Crippen LogP contribution in [0.15, 0.2) is 47.4 Å². The molecular formula is C14H11ClN2O2S. The van der Waals surface area contributed by atoms with Crippen LogP contribution in [0.1, 0.15) is 11.1 Å². The molecule has 20 heavy (non-hydrogen) atoms. The molecule has 0 saturated heterocycles. The summed E-state index contributed by atoms with van der Waals surface area (Å²) in [4.78, 5) is 0.115. The highest BCUT2D eigenvalue weighted by Crippen LogP contribution is 2.20. The van der Waals surface area contributed by atoms with Gasteiger partial charge in [0.1, 0.15) is 0 Å². The summed E-state index contributed by atoms with van der Waals surface area (Å²) in [6.45, 7) is 1.69. The molecule has 0 aromatic heterocycles. The molecule has 4 nitrogen and oxygen atoms in total. The van der Waals surface area contributed by atoms with Crippen LogP contribution in [-0.4, -0.2) is 8.42 Å². The third kappa shape index (κ3) is 3.10. The Morgan fingerprint density at radius 1 is 1.15 bits per heavy atom. The molecule has 0 spiro atoms. The Hall–Kier alpha value is -2.03. The number of nitriles is 1. The standard InChI is InChI=1S/C14H11ClN2O2S/c1-10-8-14(7-2-11(10)9-16)20(18,19)17-13-5-3-12(15)4-6-13/h2-8,17H,1H3. The average molecular weight is 307 g/mol. The van der Waals surface area contributed by atoms with Crippen molar-refractivity contribution in [2.75, 3.05) is 4.72 Å². The SMILES string of the molecule is Cc1cc(S(=O)(=O)Nc2ccc(Cl)cc2)ccc1C#N. The van der Waals surface area contributed by atoms with Gasteiger partial charge in [-0.1, -0.05) is 11.6 Å². The van der Waals surface area contributed by atoms with Gasteiger partial charge in [0.2, 0.25) is 0 Å². The molecule has 0 aliphatic heterocycles. The van der Waals surface area contributed by atoms with Gasteiger partial charge in [0.05, 0.1) is 16.5 Å². The number of sulfonamides is 1. The fourth-order valence-corrected chi connectivity index (χ4v) is 2.93. The van der Waals surface area contributed by atoms with Gasteiger partial charge in [-0.05, 0) is 55.0 Å². The van der Waals surface area contributed by atoms with Gasteiger partial charge in [-0.3, -0.25) is 4.72 Å². The number of nitrogens with zero attached hydrogens (tertiary/aromatic N) is 1. The van der Waals surface area contributed by atoms with Crippen molar-refractivity contribution in [3.63, 3.8) is 0 Å². The molecule has 2 aromatic rings. The smallest absolute Gasteiger partial charge is 0.261 e. The normalized spacial score (nSPS) is 10.8. The molecule has 0 aliphatic rings. The maximum Gasteiger partial charge on any atom is 0.261 e. The number of anilines is 1. The number of rotatable bonds is 3. The van der Waals surface area contributed by atoms with Crippen LogP contribution in [0.3, 0.4) is 0 Å². The lowest BCUT2D eigenvalue weighted by Gasteiger charge is -2.09. The summed E-state index contributed by atoms with van der Waals surface area (Å²) in [6, 6.07) is 12.7. The van der Waals surface area contributed by atoms with Gasteiger partial charge in [-0.15, -0.1) is 0 Å². The molecule has 0 radical (unpaired) electrons. The molecule has 0 aliphatic carbocycles. The number of benzene rings is 2. The Balaban J connectivity index is 2.33. The van der Waals surface area contributed by atoms with Crippen LogP contribution in [0.4, 0.5) is 5.69 Å². The molecule has 6 heteroatoms. The van der Waals surface area contributed by atoms with E-state index < -0.39 is 10.0 Å². The second-order valence-electron chi connectivity index (χ2n) is 4.20. The molecule has 0 fully saturated rings. The first-order valence-electron chi connectivity index (χ1n) is 5.71. The van der Waals surface area contributed by atoms with E-state index in [1.165, 1.54) is 18.2 Å². The van der Waals surface area contributed by atoms with Crippen LogP contribution in [0.25, 0.3) is 0 Å². The second-order valence-corrected chi connectivity index (χ2v) is 6.32. The van der Waals surface area contributed by atoms with E-state index in [9.17, 15) is 8.42 Å². The number of hydrogen-bond acceptors (Lipinski definition) is 3. The highest BCUT2D eigenvalue weighted by molar-refractivity contribution is 7.92. The van der Waals surface area contributed by atoms with Crippen LogP contribution >= 0.6 is 11.6 Å². The van der Waals surface area contributed by atoms with Crippen molar-refractivity contribution < 1.29 is 8.42 Å². The maximum atomic E-state index is 12.2. The fourth-order valence-electron chi connectivity index (χ4n) is 1.66. The minimum atomic E-state index is -3.68. The number of halogens is 1. The van der Waals surface area contributed by atoms with Gasteiger partial charge >= 0.3 is 0 Å². The summed E-state index contributed by atoms with van der Waals surface area (Å²) in [5.41, 5.74) is 1.50. The summed E-state index contributed by atoms with van der Waals surface area (Å²) >= 11 is 5.75. The third-order valence-electron chi connectivity index (χ3n) is 2.73. The zero-order chi connectivity index (χ0) is 14.8. The highest BCUT2D eigenvalue weighted by Gasteiger charge is 2.15. The summed E-state index contributed by atoms with van der Waals surface area (Å²) in [5.74, 6) is 0. The van der Waals surface area contributed by atoms with Crippen LogP contribution in [-0.2, 0) is 10.0 Å². The van der Waals surface area contributed by atoms with Crippen molar-refractivity contribution in [3.05, 3.63) is 58.6 Å². The van der Waals surface area contributed by atoms with E-state index >= 15 is 0 Å². The van der Waals surface area contributed by atoms with Gasteiger partial charge in [0, 0.05) is 10.7 Å². The number of aryl methyl sites for hydroxylation is 1. The lowest BCUT2D eigenvalue weighted by atomic mass is 10.1. The van der Waals surface area contributed by atoms with E-state index in [2.05, 4.69) is 4.72 Å². The van der Waals surface area contributed by atoms with E-state index in [1.807, 2.05) is 6.07 Å². The van der Waals surface area contributed by atoms with Gasteiger partial charge in [0.25, 0.3) is 10.0 Å². The van der Waals surface area contributed by atoms with Crippen molar-refractivity contribution >= 4 is 27.3 Å². The van der Waals surface area contributed by atoms with Crippen LogP contribution in [0.2, 0.25) is 5.02 Å². The average Bonchev–Trinajstić information content (AvgIpc) is 2.41. The first-order chi connectivity index (χ1) is 9.42. The Kier molecular flexibility index (Phi) is 3.98. The lowest BCUT2D eigenvalue weighted by Crippen LogP contribution is -2.13. The summed E-state index contributed by atoms with van der Waals surface area (Å²) in [5, 5.41) is 9.38. The molecule has 2 rings (SSSR count). The Labute approximate surface area is 122 Å². The predicted molar refractivity (Wildman–Crippen MR) is 78.2 cm³/mol. The van der Waals surface area contributed by atoms with Crippen molar-refractivity contribution in [2.24, 2.45) is 0 Å². The van der Waals surface area contributed by atoms with E-state index in [1.54, 1.807) is 31.2 Å². The fraction of sp³-hybridized carbons (Fsp3) is 0.0714. The minimum Gasteiger partial charge on any atom is -0.280 e. The molecule has 0 heterocycles. The topological polar surface area (TPSA) is 70.0 Å². The van der Waals surface area contributed by atoms with E-state index in [0.717, 1.165) is 0 Å². The summed E-state index contributed by atoms with van der Waals surface area (Å²) in [7, 11) is -3.68. The first-order valence-corrected chi connectivity index (χ1v) is 7.57.